The molecule has 1 aromatic rings. The van der Waals surface area contributed by atoms with Crippen LogP contribution in [0.25, 0.3) is 0 Å². The van der Waals surface area contributed by atoms with Crippen LogP contribution in [-0.2, 0) is 10.5 Å². The summed E-state index contributed by atoms with van der Waals surface area (Å²) in [6.45, 7) is 3.82. The van der Waals surface area contributed by atoms with E-state index in [9.17, 15) is 0 Å². The molecule has 16 heavy (non-hydrogen) atoms. The fourth-order valence-electron chi connectivity index (χ4n) is 1.35. The molecule has 90 valence electrons. The molecule has 1 rings (SSSR count). The van der Waals surface area contributed by atoms with Crippen molar-refractivity contribution in [2.24, 2.45) is 0 Å². The predicted octanol–water partition coefficient (Wildman–Crippen LogP) is 3.39. The second kappa shape index (κ2) is 8.48. The lowest BCUT2D eigenvalue weighted by Crippen LogP contribution is -2.07. The molecule has 3 heteroatoms. The number of anilines is 1. The normalized spacial score (nSPS) is 10.4. The lowest BCUT2D eigenvalue weighted by atomic mass is 10.2. The SMILES string of the molecule is CCCSCc1ccc(NCCOC)cc1. The Labute approximate surface area is 103 Å². The molecule has 0 unspecified atom stereocenters. The van der Waals surface area contributed by atoms with Crippen LogP contribution < -0.4 is 5.32 Å². The van der Waals surface area contributed by atoms with Crippen LogP contribution in [0.5, 0.6) is 0 Å². The molecule has 0 bridgehead atoms. The van der Waals surface area contributed by atoms with Crippen LogP contribution in [0.4, 0.5) is 5.69 Å². The molecule has 1 N–H and O–H groups in total. The van der Waals surface area contributed by atoms with Gasteiger partial charge in [-0.2, -0.15) is 11.8 Å². The minimum Gasteiger partial charge on any atom is -0.383 e. The summed E-state index contributed by atoms with van der Waals surface area (Å²) < 4.78 is 4.99. The lowest BCUT2D eigenvalue weighted by Gasteiger charge is -2.06. The molecule has 0 radical (unpaired) electrons. The molecule has 0 aliphatic heterocycles. The summed E-state index contributed by atoms with van der Waals surface area (Å²) >= 11 is 1.99. The van der Waals surface area contributed by atoms with Crippen molar-refractivity contribution in [3.05, 3.63) is 29.8 Å². The van der Waals surface area contributed by atoms with Crippen molar-refractivity contribution in [2.75, 3.05) is 31.3 Å². The van der Waals surface area contributed by atoms with Gasteiger partial charge in [0.25, 0.3) is 0 Å². The van der Waals surface area contributed by atoms with Gasteiger partial charge in [-0.05, 0) is 29.9 Å². The van der Waals surface area contributed by atoms with Crippen molar-refractivity contribution < 1.29 is 4.74 Å². The molecule has 0 aromatic heterocycles. The Morgan fingerprint density at radius 3 is 2.62 bits per heavy atom. The quantitative estimate of drug-likeness (QED) is 0.703. The van der Waals surface area contributed by atoms with Crippen LogP contribution >= 0.6 is 11.8 Å². The average Bonchev–Trinajstić information content (AvgIpc) is 2.32. The third-order valence-electron chi connectivity index (χ3n) is 2.21. The molecular formula is C13H21NOS. The summed E-state index contributed by atoms with van der Waals surface area (Å²) in [7, 11) is 1.72. The van der Waals surface area contributed by atoms with E-state index in [2.05, 4.69) is 36.5 Å². The van der Waals surface area contributed by atoms with E-state index in [0.29, 0.717) is 0 Å². The van der Waals surface area contributed by atoms with Crippen LogP contribution in [0.2, 0.25) is 0 Å². The molecular weight excluding hydrogens is 218 g/mol. The molecule has 2 nitrogen and oxygen atoms in total. The molecule has 1 aromatic carbocycles. The van der Waals surface area contributed by atoms with Crippen LogP contribution in [0.1, 0.15) is 18.9 Å². The van der Waals surface area contributed by atoms with Gasteiger partial charge in [0, 0.05) is 25.1 Å². The molecule has 0 spiro atoms. The number of rotatable bonds is 8. The van der Waals surface area contributed by atoms with E-state index < -0.39 is 0 Å². The maximum Gasteiger partial charge on any atom is 0.0635 e. The van der Waals surface area contributed by atoms with Gasteiger partial charge < -0.3 is 10.1 Å². The summed E-state index contributed by atoms with van der Waals surface area (Å²) in [5, 5.41) is 3.31. The van der Waals surface area contributed by atoms with Gasteiger partial charge in [0.1, 0.15) is 0 Å². The summed E-state index contributed by atoms with van der Waals surface area (Å²) in [5.74, 6) is 2.36. The highest BCUT2D eigenvalue weighted by atomic mass is 32.2. The molecule has 0 saturated heterocycles. The maximum atomic E-state index is 4.99. The molecule has 0 atom stereocenters. The zero-order valence-corrected chi connectivity index (χ0v) is 11.0. The monoisotopic (exact) mass is 239 g/mol. The van der Waals surface area contributed by atoms with Crippen molar-refractivity contribution in [3.63, 3.8) is 0 Å². The molecule has 0 fully saturated rings. The number of hydrogen-bond donors (Lipinski definition) is 1. The van der Waals surface area contributed by atoms with Crippen LogP contribution in [0, 0.1) is 0 Å². The van der Waals surface area contributed by atoms with E-state index in [0.717, 1.165) is 18.9 Å². The molecule has 0 aliphatic carbocycles. The van der Waals surface area contributed by atoms with Crippen molar-refractivity contribution in [3.8, 4) is 0 Å². The number of methoxy groups -OCH3 is 1. The highest BCUT2D eigenvalue weighted by Crippen LogP contribution is 2.15. The van der Waals surface area contributed by atoms with Crippen LogP contribution in [-0.4, -0.2) is 26.0 Å². The summed E-state index contributed by atoms with van der Waals surface area (Å²) in [6, 6.07) is 8.66. The first kappa shape index (κ1) is 13.4. The average molecular weight is 239 g/mol. The Balaban J connectivity index is 2.30. The second-order valence-corrected chi connectivity index (χ2v) is 4.77. The van der Waals surface area contributed by atoms with E-state index in [1.807, 2.05) is 11.8 Å². The Bertz CT molecular complexity index is 245. The fraction of sp³-hybridized carbons (Fsp3) is 0.538. The van der Waals surface area contributed by atoms with Gasteiger partial charge in [0.15, 0.2) is 0 Å². The van der Waals surface area contributed by atoms with Crippen molar-refractivity contribution in [1.29, 1.82) is 0 Å². The fourth-order valence-corrected chi connectivity index (χ4v) is 2.21. The van der Waals surface area contributed by atoms with E-state index in [1.54, 1.807) is 7.11 Å². The first-order valence-electron chi connectivity index (χ1n) is 5.76. The smallest absolute Gasteiger partial charge is 0.0635 e. The van der Waals surface area contributed by atoms with Gasteiger partial charge in [0.05, 0.1) is 6.61 Å². The predicted molar refractivity (Wildman–Crippen MR) is 73.3 cm³/mol. The van der Waals surface area contributed by atoms with Crippen molar-refractivity contribution in [1.82, 2.24) is 0 Å². The van der Waals surface area contributed by atoms with Gasteiger partial charge in [-0.15, -0.1) is 0 Å². The van der Waals surface area contributed by atoms with Gasteiger partial charge in [-0.25, -0.2) is 0 Å². The summed E-state index contributed by atoms with van der Waals surface area (Å²) in [4.78, 5) is 0. The third kappa shape index (κ3) is 5.42. The minimum absolute atomic E-state index is 0.744. The van der Waals surface area contributed by atoms with Gasteiger partial charge in [-0.3, -0.25) is 0 Å². The zero-order chi connectivity index (χ0) is 11.6. The molecule has 0 saturated carbocycles. The van der Waals surface area contributed by atoms with E-state index in [1.165, 1.54) is 23.4 Å². The number of hydrogen-bond acceptors (Lipinski definition) is 3. The first-order valence-corrected chi connectivity index (χ1v) is 6.91. The van der Waals surface area contributed by atoms with Crippen molar-refractivity contribution >= 4 is 17.4 Å². The van der Waals surface area contributed by atoms with Crippen LogP contribution in [0.15, 0.2) is 24.3 Å². The Morgan fingerprint density at radius 1 is 1.25 bits per heavy atom. The first-order chi connectivity index (χ1) is 7.86. The van der Waals surface area contributed by atoms with Crippen molar-refractivity contribution in [2.45, 2.75) is 19.1 Å². The maximum absolute atomic E-state index is 4.99. The number of ether oxygens (including phenoxy) is 1. The third-order valence-corrected chi connectivity index (χ3v) is 3.44. The number of nitrogens with one attached hydrogen (secondary N) is 1. The minimum atomic E-state index is 0.744. The summed E-state index contributed by atoms with van der Waals surface area (Å²) in [5.41, 5.74) is 2.57. The Morgan fingerprint density at radius 2 is 2.00 bits per heavy atom. The topological polar surface area (TPSA) is 21.3 Å². The molecule has 0 aliphatic rings. The highest BCUT2D eigenvalue weighted by Gasteiger charge is 1.94. The standard InChI is InChI=1S/C13H21NOS/c1-3-10-16-11-12-4-6-13(7-5-12)14-8-9-15-2/h4-7,14H,3,8-11H2,1-2H3. The largest absolute Gasteiger partial charge is 0.383 e. The zero-order valence-electron chi connectivity index (χ0n) is 10.2. The second-order valence-electron chi connectivity index (χ2n) is 3.67. The Hall–Kier alpha value is -0.670. The lowest BCUT2D eigenvalue weighted by molar-refractivity contribution is 0.211. The van der Waals surface area contributed by atoms with E-state index in [4.69, 9.17) is 4.74 Å². The molecule has 0 heterocycles. The van der Waals surface area contributed by atoms with Gasteiger partial charge in [0.2, 0.25) is 0 Å². The van der Waals surface area contributed by atoms with Gasteiger partial charge >= 0.3 is 0 Å². The molecule has 0 amide bonds. The summed E-state index contributed by atoms with van der Waals surface area (Å²) in [6.07, 6.45) is 1.25. The van der Waals surface area contributed by atoms with E-state index >= 15 is 0 Å². The van der Waals surface area contributed by atoms with E-state index in [-0.39, 0.29) is 0 Å². The van der Waals surface area contributed by atoms with Crippen LogP contribution in [0.3, 0.4) is 0 Å². The number of benzene rings is 1. The van der Waals surface area contributed by atoms with Gasteiger partial charge in [-0.1, -0.05) is 19.1 Å². The number of thioether (sulfide) groups is 1. The highest BCUT2D eigenvalue weighted by molar-refractivity contribution is 7.98. The Kier molecular flexibility index (Phi) is 7.10.